The van der Waals surface area contributed by atoms with Gasteiger partial charge in [0.2, 0.25) is 0 Å². The number of amides is 1. The Bertz CT molecular complexity index is 303. The number of carbonyl (C=O) groups is 1. The maximum atomic E-state index is 12.0. The summed E-state index contributed by atoms with van der Waals surface area (Å²) in [7, 11) is 0. The summed E-state index contributed by atoms with van der Waals surface area (Å²) in [4.78, 5) is 13.7. The fourth-order valence-corrected chi connectivity index (χ4v) is 2.17. The third-order valence-corrected chi connectivity index (χ3v) is 3.48. The Kier molecular flexibility index (Phi) is 6.27. The normalized spacial score (nSPS) is 18.9. The van der Waals surface area contributed by atoms with Crippen LogP contribution in [0.5, 0.6) is 0 Å². The Hall–Kier alpha value is -0.810. The van der Waals surface area contributed by atoms with Crippen molar-refractivity contribution in [2.75, 3.05) is 26.3 Å². The summed E-state index contributed by atoms with van der Waals surface area (Å²) in [5, 5.41) is 8.74. The van der Waals surface area contributed by atoms with E-state index >= 15 is 0 Å². The molecule has 118 valence electrons. The van der Waals surface area contributed by atoms with Crippen LogP contribution in [-0.4, -0.2) is 53.6 Å². The molecule has 0 saturated carbocycles. The van der Waals surface area contributed by atoms with Crippen LogP contribution in [0.15, 0.2) is 0 Å². The molecule has 0 aliphatic carbocycles. The van der Waals surface area contributed by atoms with Crippen molar-refractivity contribution in [2.24, 2.45) is 0 Å². The predicted molar refractivity (Wildman–Crippen MR) is 77.7 cm³/mol. The minimum absolute atomic E-state index is 0.159. The summed E-state index contributed by atoms with van der Waals surface area (Å²) in [5.74, 6) is 0. The molecule has 20 heavy (non-hydrogen) atoms. The fraction of sp³-hybridized carbons (Fsp3) is 0.933. The van der Waals surface area contributed by atoms with Gasteiger partial charge in [-0.2, -0.15) is 0 Å². The Morgan fingerprint density at radius 2 is 1.85 bits per heavy atom. The van der Waals surface area contributed by atoms with E-state index < -0.39 is 5.60 Å². The van der Waals surface area contributed by atoms with Crippen molar-refractivity contribution in [3.63, 3.8) is 0 Å². The minimum Gasteiger partial charge on any atom is -0.444 e. The summed E-state index contributed by atoms with van der Waals surface area (Å²) < 4.78 is 11.3. The van der Waals surface area contributed by atoms with E-state index in [0.29, 0.717) is 19.7 Å². The topological polar surface area (TPSA) is 59.0 Å². The number of hydrogen-bond donors (Lipinski definition) is 1. The van der Waals surface area contributed by atoms with Gasteiger partial charge in [0.1, 0.15) is 5.60 Å². The van der Waals surface area contributed by atoms with Gasteiger partial charge >= 0.3 is 6.09 Å². The summed E-state index contributed by atoms with van der Waals surface area (Å²) in [6.07, 6.45) is 3.07. The molecular weight excluding hydrogens is 258 g/mol. The lowest BCUT2D eigenvalue weighted by molar-refractivity contribution is -0.0738. The molecule has 1 rings (SSSR count). The SMILES string of the molecule is CC(C)(C)OC(=O)N1CCC(C)(OCCCCO)CC1. The third-order valence-electron chi connectivity index (χ3n) is 3.48. The van der Waals surface area contributed by atoms with Gasteiger partial charge in [-0.05, 0) is 53.4 Å². The van der Waals surface area contributed by atoms with Crippen LogP contribution in [0.1, 0.15) is 53.4 Å². The highest BCUT2D eigenvalue weighted by atomic mass is 16.6. The lowest BCUT2D eigenvalue weighted by Crippen LogP contribution is -2.48. The van der Waals surface area contributed by atoms with Gasteiger partial charge in [0.15, 0.2) is 0 Å². The molecule has 0 unspecified atom stereocenters. The van der Waals surface area contributed by atoms with E-state index in [4.69, 9.17) is 14.6 Å². The molecular formula is C15H29NO4. The molecule has 1 N–H and O–H groups in total. The predicted octanol–water partition coefficient (Wildman–Crippen LogP) is 2.57. The van der Waals surface area contributed by atoms with E-state index in [0.717, 1.165) is 25.7 Å². The van der Waals surface area contributed by atoms with Crippen molar-refractivity contribution < 1.29 is 19.4 Å². The largest absolute Gasteiger partial charge is 0.444 e. The molecule has 0 spiro atoms. The molecule has 0 radical (unpaired) electrons. The van der Waals surface area contributed by atoms with Gasteiger partial charge < -0.3 is 19.5 Å². The minimum atomic E-state index is -0.446. The highest BCUT2D eigenvalue weighted by Gasteiger charge is 2.34. The number of unbranched alkanes of at least 4 members (excludes halogenated alkanes) is 1. The quantitative estimate of drug-likeness (QED) is 0.790. The molecule has 5 nitrogen and oxygen atoms in total. The number of aliphatic hydroxyl groups excluding tert-OH is 1. The smallest absolute Gasteiger partial charge is 0.410 e. The van der Waals surface area contributed by atoms with Gasteiger partial charge in [0.25, 0.3) is 0 Å². The lowest BCUT2D eigenvalue weighted by atomic mass is 9.93. The molecule has 1 saturated heterocycles. The van der Waals surface area contributed by atoms with Crippen LogP contribution in [0.25, 0.3) is 0 Å². The Morgan fingerprint density at radius 1 is 1.25 bits per heavy atom. The Labute approximate surface area is 122 Å². The lowest BCUT2D eigenvalue weighted by Gasteiger charge is -2.39. The molecule has 1 amide bonds. The molecule has 0 aromatic carbocycles. The zero-order chi connectivity index (χ0) is 15.2. The fourth-order valence-electron chi connectivity index (χ4n) is 2.17. The van der Waals surface area contributed by atoms with Crippen molar-refractivity contribution in [3.05, 3.63) is 0 Å². The first kappa shape index (κ1) is 17.2. The highest BCUT2D eigenvalue weighted by molar-refractivity contribution is 5.68. The van der Waals surface area contributed by atoms with Gasteiger partial charge in [-0.15, -0.1) is 0 Å². The average molecular weight is 287 g/mol. The van der Waals surface area contributed by atoms with Gasteiger partial charge in [-0.1, -0.05) is 0 Å². The first-order chi connectivity index (χ1) is 9.26. The molecule has 1 aliphatic heterocycles. The first-order valence-electron chi connectivity index (χ1n) is 7.48. The van der Waals surface area contributed by atoms with Crippen LogP contribution < -0.4 is 0 Å². The van der Waals surface area contributed by atoms with Gasteiger partial charge in [-0.25, -0.2) is 4.79 Å². The van der Waals surface area contributed by atoms with Gasteiger partial charge in [-0.3, -0.25) is 0 Å². The highest BCUT2D eigenvalue weighted by Crippen LogP contribution is 2.27. The van der Waals surface area contributed by atoms with E-state index in [2.05, 4.69) is 6.92 Å². The molecule has 1 heterocycles. The first-order valence-corrected chi connectivity index (χ1v) is 7.48. The summed E-state index contributed by atoms with van der Waals surface area (Å²) in [6, 6.07) is 0. The number of aliphatic hydroxyl groups is 1. The van der Waals surface area contributed by atoms with Crippen molar-refractivity contribution in [2.45, 2.75) is 64.6 Å². The summed E-state index contributed by atoms with van der Waals surface area (Å²) in [5.41, 5.74) is -0.605. The molecule has 1 aliphatic rings. The van der Waals surface area contributed by atoms with Crippen molar-refractivity contribution in [1.82, 2.24) is 4.90 Å². The number of hydrogen-bond acceptors (Lipinski definition) is 4. The number of ether oxygens (including phenoxy) is 2. The van der Waals surface area contributed by atoms with Gasteiger partial charge in [0, 0.05) is 26.3 Å². The molecule has 0 bridgehead atoms. The van der Waals surface area contributed by atoms with Crippen LogP contribution in [0.2, 0.25) is 0 Å². The summed E-state index contributed by atoms with van der Waals surface area (Å²) in [6.45, 7) is 9.96. The summed E-state index contributed by atoms with van der Waals surface area (Å²) >= 11 is 0. The number of piperidine rings is 1. The molecule has 0 aromatic heterocycles. The number of likely N-dealkylation sites (tertiary alicyclic amines) is 1. The van der Waals surface area contributed by atoms with Crippen LogP contribution in [0.3, 0.4) is 0 Å². The molecule has 5 heteroatoms. The molecule has 0 atom stereocenters. The van der Waals surface area contributed by atoms with Crippen LogP contribution in [0.4, 0.5) is 4.79 Å². The molecule has 1 fully saturated rings. The van der Waals surface area contributed by atoms with Crippen molar-refractivity contribution >= 4 is 6.09 Å². The second-order valence-electron chi connectivity index (χ2n) is 6.70. The van der Waals surface area contributed by atoms with E-state index in [1.807, 2.05) is 20.8 Å². The average Bonchev–Trinajstić information content (AvgIpc) is 2.33. The van der Waals surface area contributed by atoms with Crippen LogP contribution >= 0.6 is 0 Å². The van der Waals surface area contributed by atoms with Gasteiger partial charge in [0.05, 0.1) is 5.60 Å². The maximum absolute atomic E-state index is 12.0. The number of carbonyl (C=O) groups excluding carboxylic acids is 1. The molecule has 0 aromatic rings. The van der Waals surface area contributed by atoms with Crippen molar-refractivity contribution in [1.29, 1.82) is 0 Å². The Morgan fingerprint density at radius 3 is 2.35 bits per heavy atom. The van der Waals surface area contributed by atoms with E-state index in [1.54, 1.807) is 4.90 Å². The Balaban J connectivity index is 2.33. The van der Waals surface area contributed by atoms with Crippen molar-refractivity contribution in [3.8, 4) is 0 Å². The second kappa shape index (κ2) is 7.27. The zero-order valence-electron chi connectivity index (χ0n) is 13.3. The monoisotopic (exact) mass is 287 g/mol. The standard InChI is InChI=1S/C15H29NO4/c1-14(2,3)20-13(18)16-9-7-15(4,8-10-16)19-12-6-5-11-17/h17H,5-12H2,1-4H3. The zero-order valence-corrected chi connectivity index (χ0v) is 13.3. The second-order valence-corrected chi connectivity index (χ2v) is 6.70. The maximum Gasteiger partial charge on any atom is 0.410 e. The number of nitrogens with zero attached hydrogens (tertiary/aromatic N) is 1. The number of rotatable bonds is 5. The van der Waals surface area contributed by atoms with E-state index in [9.17, 15) is 4.79 Å². The van der Waals surface area contributed by atoms with E-state index in [1.165, 1.54) is 0 Å². The third kappa shape index (κ3) is 6.09. The van der Waals surface area contributed by atoms with Crippen LogP contribution in [-0.2, 0) is 9.47 Å². The van der Waals surface area contributed by atoms with Crippen LogP contribution in [0, 0.1) is 0 Å². The van der Waals surface area contributed by atoms with E-state index in [-0.39, 0.29) is 18.3 Å².